The number of benzene rings is 5. The maximum Gasteiger partial charge on any atom is 0.343 e. The molecule has 1 atom stereocenters. The number of carbonyl (C=O) groups excluding carboxylic acids is 4. The van der Waals surface area contributed by atoms with Crippen molar-refractivity contribution < 1.29 is 48.2 Å². The second-order valence-corrected chi connectivity index (χ2v) is 11.3. The third-order valence-corrected chi connectivity index (χ3v) is 7.63. The quantitative estimate of drug-likeness (QED) is 0.0603. The van der Waals surface area contributed by atoms with Gasteiger partial charge in [-0.1, -0.05) is 36.4 Å². The zero-order valence-corrected chi connectivity index (χ0v) is 27.7. The molecule has 0 radical (unpaired) electrons. The number of carbonyl (C=O) groups is 4. The highest BCUT2D eigenvalue weighted by molar-refractivity contribution is 5.97. The van der Waals surface area contributed by atoms with Crippen LogP contribution in [0.15, 0.2) is 121 Å². The van der Waals surface area contributed by atoms with Crippen molar-refractivity contribution in [1.29, 1.82) is 0 Å². The lowest BCUT2D eigenvalue weighted by atomic mass is 10.0. The number of nitro groups is 3. The van der Waals surface area contributed by atoms with Crippen LogP contribution in [0, 0.1) is 30.3 Å². The van der Waals surface area contributed by atoms with Crippen molar-refractivity contribution in [1.82, 2.24) is 5.32 Å². The predicted octanol–water partition coefficient (Wildman–Crippen LogP) is 5.93. The van der Waals surface area contributed by atoms with Gasteiger partial charge in [0, 0.05) is 48.4 Å². The van der Waals surface area contributed by atoms with Crippen LogP contribution in [0.4, 0.5) is 17.1 Å². The van der Waals surface area contributed by atoms with Gasteiger partial charge in [0.2, 0.25) is 0 Å². The molecule has 5 aromatic rings. The fourth-order valence-electron chi connectivity index (χ4n) is 4.83. The summed E-state index contributed by atoms with van der Waals surface area (Å²) in [6, 6.07) is 24.9. The lowest BCUT2D eigenvalue weighted by Gasteiger charge is -2.19. The summed E-state index contributed by atoms with van der Waals surface area (Å²) in [5.41, 5.74) is -0.0568. The van der Waals surface area contributed by atoms with Crippen molar-refractivity contribution in [2.24, 2.45) is 0 Å². The maximum absolute atomic E-state index is 13.4. The normalized spacial score (nSPS) is 11.0. The maximum atomic E-state index is 13.4. The number of nitrogens with one attached hydrogen (secondary N) is 1. The van der Waals surface area contributed by atoms with E-state index in [9.17, 15) is 49.5 Å². The molecule has 5 rings (SSSR count). The van der Waals surface area contributed by atoms with Gasteiger partial charge in [0.15, 0.2) is 11.5 Å². The Hall–Kier alpha value is -7.82. The minimum atomic E-state index is -1.36. The molecule has 1 N–H and O–H groups in total. The zero-order chi connectivity index (χ0) is 38.8. The average molecular weight is 735 g/mol. The Morgan fingerprint density at radius 3 is 1.50 bits per heavy atom. The van der Waals surface area contributed by atoms with Crippen LogP contribution < -0.4 is 14.8 Å². The van der Waals surface area contributed by atoms with Gasteiger partial charge in [-0.2, -0.15) is 0 Å². The number of nitrogens with zero attached hydrogens (tertiary/aromatic N) is 3. The zero-order valence-electron chi connectivity index (χ0n) is 27.7. The van der Waals surface area contributed by atoms with Crippen LogP contribution in [0.5, 0.6) is 11.5 Å². The summed E-state index contributed by atoms with van der Waals surface area (Å²) in [6.45, 7) is -0.140. The van der Waals surface area contributed by atoms with E-state index in [4.69, 9.17) is 14.2 Å². The first kappa shape index (κ1) is 37.4. The van der Waals surface area contributed by atoms with Crippen molar-refractivity contribution in [3.05, 3.63) is 179 Å². The van der Waals surface area contributed by atoms with E-state index in [0.29, 0.717) is 5.56 Å². The summed E-state index contributed by atoms with van der Waals surface area (Å²) >= 11 is 0. The molecule has 0 bridgehead atoms. The van der Waals surface area contributed by atoms with E-state index in [1.807, 2.05) is 0 Å². The Morgan fingerprint density at radius 1 is 0.556 bits per heavy atom. The highest BCUT2D eigenvalue weighted by Gasteiger charge is 2.26. The Morgan fingerprint density at radius 2 is 1.02 bits per heavy atom. The summed E-state index contributed by atoms with van der Waals surface area (Å²) in [5, 5.41) is 35.8. The molecule has 272 valence electrons. The molecule has 54 heavy (non-hydrogen) atoms. The lowest BCUT2D eigenvalue weighted by Crippen LogP contribution is -2.43. The molecule has 17 nitrogen and oxygen atoms in total. The Bertz CT molecular complexity index is 2230. The molecule has 0 aliphatic rings. The van der Waals surface area contributed by atoms with Crippen LogP contribution in [0.1, 0.15) is 42.2 Å². The summed E-state index contributed by atoms with van der Waals surface area (Å²) in [4.78, 5) is 84.1. The summed E-state index contributed by atoms with van der Waals surface area (Å²) in [7, 11) is 0. The SMILES string of the molecule is O=C(N[C@H](Cc1ccc(OC(=O)c2ccc([N+](=O)[O-])cc2)c(OC(=O)c2ccc([N+](=O)[O-])cc2)c1)C(=O)OCc1ccccc1)c1ccc([N+](=O)[O-])cc1. The minimum Gasteiger partial charge on any atom is -0.459 e. The number of ether oxygens (including phenoxy) is 3. The van der Waals surface area contributed by atoms with E-state index in [-0.39, 0.29) is 63.8 Å². The Balaban J connectivity index is 1.44. The molecule has 0 heterocycles. The molecule has 0 saturated heterocycles. The number of nitro benzene ring substituents is 3. The third kappa shape index (κ3) is 9.69. The van der Waals surface area contributed by atoms with Gasteiger partial charge in [-0.3, -0.25) is 35.1 Å². The first-order valence-electron chi connectivity index (χ1n) is 15.7. The van der Waals surface area contributed by atoms with Gasteiger partial charge in [0.25, 0.3) is 23.0 Å². The fraction of sp³-hybridized carbons (Fsp3) is 0.0811. The molecular formula is C37H26N4O13. The molecule has 0 spiro atoms. The van der Waals surface area contributed by atoms with E-state index < -0.39 is 44.6 Å². The van der Waals surface area contributed by atoms with Gasteiger partial charge in [0.05, 0.1) is 25.9 Å². The molecular weight excluding hydrogens is 708 g/mol. The topological polar surface area (TPSA) is 237 Å². The smallest absolute Gasteiger partial charge is 0.343 e. The van der Waals surface area contributed by atoms with Crippen LogP contribution in [0.25, 0.3) is 0 Å². The molecule has 0 saturated carbocycles. The van der Waals surface area contributed by atoms with Crippen LogP contribution in [-0.2, 0) is 22.6 Å². The summed E-state index contributed by atoms with van der Waals surface area (Å²) < 4.78 is 16.5. The van der Waals surface area contributed by atoms with E-state index in [0.717, 1.165) is 60.7 Å². The van der Waals surface area contributed by atoms with Crippen molar-refractivity contribution in [3.8, 4) is 11.5 Å². The van der Waals surface area contributed by atoms with E-state index in [1.54, 1.807) is 30.3 Å². The summed E-state index contributed by atoms with van der Waals surface area (Å²) in [6.07, 6.45) is -0.259. The average Bonchev–Trinajstić information content (AvgIpc) is 3.18. The lowest BCUT2D eigenvalue weighted by molar-refractivity contribution is -0.385. The van der Waals surface area contributed by atoms with E-state index in [1.165, 1.54) is 30.3 Å². The summed E-state index contributed by atoms with van der Waals surface area (Å²) in [5.74, 6) is -4.19. The Kier molecular flexibility index (Phi) is 11.7. The highest BCUT2D eigenvalue weighted by atomic mass is 16.6. The number of non-ortho nitro benzene ring substituents is 3. The number of hydrogen-bond donors (Lipinski definition) is 1. The van der Waals surface area contributed by atoms with Gasteiger partial charge in [-0.15, -0.1) is 0 Å². The molecule has 0 aliphatic heterocycles. The molecule has 1 amide bonds. The monoisotopic (exact) mass is 734 g/mol. The molecule has 17 heteroatoms. The van der Waals surface area contributed by atoms with Gasteiger partial charge >= 0.3 is 17.9 Å². The fourth-order valence-corrected chi connectivity index (χ4v) is 4.83. The molecule has 0 aromatic heterocycles. The largest absolute Gasteiger partial charge is 0.459 e. The molecule has 5 aromatic carbocycles. The van der Waals surface area contributed by atoms with Crippen LogP contribution in [0.3, 0.4) is 0 Å². The number of hydrogen-bond acceptors (Lipinski definition) is 13. The molecule has 0 aliphatic carbocycles. The second kappa shape index (κ2) is 16.9. The van der Waals surface area contributed by atoms with Gasteiger partial charge in [-0.05, 0) is 59.7 Å². The highest BCUT2D eigenvalue weighted by Crippen LogP contribution is 2.31. The second-order valence-electron chi connectivity index (χ2n) is 11.3. The number of esters is 3. The Labute approximate surface area is 304 Å². The van der Waals surface area contributed by atoms with Gasteiger partial charge < -0.3 is 19.5 Å². The minimum absolute atomic E-state index is 0.00711. The van der Waals surface area contributed by atoms with Gasteiger partial charge in [0.1, 0.15) is 12.6 Å². The van der Waals surface area contributed by atoms with E-state index in [2.05, 4.69) is 5.32 Å². The van der Waals surface area contributed by atoms with Crippen molar-refractivity contribution in [3.63, 3.8) is 0 Å². The van der Waals surface area contributed by atoms with Crippen molar-refractivity contribution >= 4 is 40.9 Å². The number of rotatable bonds is 14. The predicted molar refractivity (Wildman–Crippen MR) is 187 cm³/mol. The standard InChI is InChI=1S/C37H26N4O13/c42-34(25-7-13-28(14-8-25)39(46)47)38-31(37(45)52-22-23-4-2-1-3-5-23)20-24-6-19-32(53-35(43)26-9-15-29(16-10-26)40(48)49)33(21-24)54-36(44)27-11-17-30(18-12-27)41(50)51/h1-19,21,31H,20,22H2,(H,38,42)/t31-/m1/s1. The van der Waals surface area contributed by atoms with Gasteiger partial charge in [-0.25, -0.2) is 14.4 Å². The first-order valence-corrected chi connectivity index (χ1v) is 15.7. The van der Waals surface area contributed by atoms with Crippen molar-refractivity contribution in [2.45, 2.75) is 19.1 Å². The first-order chi connectivity index (χ1) is 25.9. The van der Waals surface area contributed by atoms with Crippen LogP contribution >= 0.6 is 0 Å². The van der Waals surface area contributed by atoms with E-state index >= 15 is 0 Å². The third-order valence-electron chi connectivity index (χ3n) is 7.63. The van der Waals surface area contributed by atoms with Crippen LogP contribution in [-0.4, -0.2) is 44.6 Å². The van der Waals surface area contributed by atoms with Crippen molar-refractivity contribution in [2.75, 3.05) is 0 Å². The molecule has 0 fully saturated rings. The molecule has 0 unspecified atom stereocenters. The number of amides is 1. The van der Waals surface area contributed by atoms with Crippen LogP contribution in [0.2, 0.25) is 0 Å².